The minimum Gasteiger partial charge on any atom is -0.481 e. The van der Waals surface area contributed by atoms with Crippen LogP contribution in [0.15, 0.2) is 0 Å². The van der Waals surface area contributed by atoms with E-state index in [2.05, 4.69) is 5.32 Å². The summed E-state index contributed by atoms with van der Waals surface area (Å²) >= 11 is 0. The van der Waals surface area contributed by atoms with Crippen LogP contribution in [0.1, 0.15) is 25.7 Å². The molecule has 1 saturated heterocycles. The second kappa shape index (κ2) is 5.59. The van der Waals surface area contributed by atoms with Crippen LogP contribution in [0.5, 0.6) is 0 Å². The Kier molecular flexibility index (Phi) is 4.07. The smallest absolute Gasteiger partial charge is 0.307 e. The maximum absolute atomic E-state index is 12.0. The van der Waals surface area contributed by atoms with Gasteiger partial charge in [-0.3, -0.25) is 14.4 Å². The van der Waals surface area contributed by atoms with Crippen LogP contribution in [0.25, 0.3) is 0 Å². The lowest BCUT2D eigenvalue weighted by molar-refractivity contribution is -0.142. The molecule has 19 heavy (non-hydrogen) atoms. The van der Waals surface area contributed by atoms with Gasteiger partial charge in [0, 0.05) is 26.6 Å². The van der Waals surface area contributed by atoms with Gasteiger partial charge in [0.1, 0.15) is 0 Å². The third-order valence-electron chi connectivity index (χ3n) is 4.10. The van der Waals surface area contributed by atoms with Crippen molar-refractivity contribution in [1.82, 2.24) is 10.2 Å². The molecule has 0 aromatic rings. The summed E-state index contributed by atoms with van der Waals surface area (Å²) in [5.74, 6) is -1.31. The number of carbonyl (C=O) groups excluding carboxylic acids is 2. The van der Waals surface area contributed by atoms with E-state index < -0.39 is 11.9 Å². The fourth-order valence-electron chi connectivity index (χ4n) is 2.70. The molecule has 1 aliphatic heterocycles. The molecule has 2 unspecified atom stereocenters. The number of carbonyl (C=O) groups is 3. The zero-order valence-electron chi connectivity index (χ0n) is 11.1. The maximum Gasteiger partial charge on any atom is 0.307 e. The van der Waals surface area contributed by atoms with Gasteiger partial charge in [0.15, 0.2) is 0 Å². The van der Waals surface area contributed by atoms with Gasteiger partial charge in [-0.25, -0.2) is 0 Å². The van der Waals surface area contributed by atoms with E-state index in [0.717, 1.165) is 12.8 Å². The SMILES string of the molecule is CNC(=O)CC1CCN(C(=O)C2CC2C(=O)O)CC1. The van der Waals surface area contributed by atoms with E-state index in [-0.39, 0.29) is 17.7 Å². The highest BCUT2D eigenvalue weighted by Gasteiger charge is 2.50. The van der Waals surface area contributed by atoms with E-state index in [1.165, 1.54) is 0 Å². The lowest BCUT2D eigenvalue weighted by Crippen LogP contribution is -2.40. The molecular weight excluding hydrogens is 248 g/mol. The van der Waals surface area contributed by atoms with Crippen LogP contribution in [0.2, 0.25) is 0 Å². The van der Waals surface area contributed by atoms with Crippen molar-refractivity contribution in [3.05, 3.63) is 0 Å². The normalized spacial score (nSPS) is 26.9. The monoisotopic (exact) mass is 268 g/mol. The summed E-state index contributed by atoms with van der Waals surface area (Å²) in [5, 5.41) is 11.4. The van der Waals surface area contributed by atoms with Crippen molar-refractivity contribution in [1.29, 1.82) is 0 Å². The van der Waals surface area contributed by atoms with Gasteiger partial charge < -0.3 is 15.3 Å². The lowest BCUT2D eigenvalue weighted by atomic mass is 9.93. The van der Waals surface area contributed by atoms with Gasteiger partial charge in [-0.1, -0.05) is 0 Å². The number of nitrogens with one attached hydrogen (secondary N) is 1. The summed E-state index contributed by atoms with van der Waals surface area (Å²) in [7, 11) is 1.63. The Balaban J connectivity index is 1.76. The summed E-state index contributed by atoms with van der Waals surface area (Å²) in [6.45, 7) is 1.28. The molecule has 0 radical (unpaired) electrons. The second-order valence-electron chi connectivity index (χ2n) is 5.43. The summed E-state index contributed by atoms with van der Waals surface area (Å²) in [6, 6.07) is 0. The Labute approximate surface area is 112 Å². The van der Waals surface area contributed by atoms with Crippen LogP contribution < -0.4 is 5.32 Å². The molecule has 106 valence electrons. The number of carboxylic acids is 1. The van der Waals surface area contributed by atoms with Crippen LogP contribution in [0.4, 0.5) is 0 Å². The lowest BCUT2D eigenvalue weighted by Gasteiger charge is -2.31. The standard InChI is InChI=1S/C13H20N2O4/c1-14-11(16)6-8-2-4-15(5-3-8)12(17)9-7-10(9)13(18)19/h8-10H,2-7H2,1H3,(H,14,16)(H,18,19). The van der Waals surface area contributed by atoms with E-state index in [1.807, 2.05) is 0 Å². The predicted molar refractivity (Wildman–Crippen MR) is 67.2 cm³/mol. The number of likely N-dealkylation sites (tertiary alicyclic amines) is 1. The molecule has 0 aromatic heterocycles. The first-order chi connectivity index (χ1) is 9.02. The zero-order valence-corrected chi connectivity index (χ0v) is 11.1. The highest BCUT2D eigenvalue weighted by atomic mass is 16.4. The van der Waals surface area contributed by atoms with Gasteiger partial charge in [-0.05, 0) is 25.2 Å². The fourth-order valence-corrected chi connectivity index (χ4v) is 2.70. The fraction of sp³-hybridized carbons (Fsp3) is 0.769. The number of hydrogen-bond acceptors (Lipinski definition) is 3. The van der Waals surface area contributed by atoms with Crippen molar-refractivity contribution in [3.8, 4) is 0 Å². The molecule has 2 atom stereocenters. The average molecular weight is 268 g/mol. The Morgan fingerprint density at radius 2 is 1.84 bits per heavy atom. The van der Waals surface area contributed by atoms with Gasteiger partial charge in [0.25, 0.3) is 0 Å². The van der Waals surface area contributed by atoms with Crippen molar-refractivity contribution in [2.24, 2.45) is 17.8 Å². The molecule has 0 spiro atoms. The second-order valence-corrected chi connectivity index (χ2v) is 5.43. The Bertz CT molecular complexity index is 388. The third kappa shape index (κ3) is 3.24. The van der Waals surface area contributed by atoms with Gasteiger partial charge >= 0.3 is 5.97 Å². The highest BCUT2D eigenvalue weighted by molar-refractivity contribution is 5.89. The molecule has 1 heterocycles. The maximum atomic E-state index is 12.0. The highest BCUT2D eigenvalue weighted by Crippen LogP contribution is 2.40. The Morgan fingerprint density at radius 3 is 2.32 bits per heavy atom. The van der Waals surface area contributed by atoms with E-state index in [1.54, 1.807) is 11.9 Å². The number of amides is 2. The average Bonchev–Trinajstić information content (AvgIpc) is 3.19. The first kappa shape index (κ1) is 13.8. The molecule has 2 N–H and O–H groups in total. The molecule has 6 heteroatoms. The van der Waals surface area contributed by atoms with Crippen molar-refractivity contribution < 1.29 is 19.5 Å². The summed E-state index contributed by atoms with van der Waals surface area (Å²) in [6.07, 6.45) is 2.64. The van der Waals surface area contributed by atoms with Crippen LogP contribution in [-0.4, -0.2) is 47.9 Å². The quantitative estimate of drug-likeness (QED) is 0.756. The molecule has 0 aromatic carbocycles. The Morgan fingerprint density at radius 1 is 1.21 bits per heavy atom. The topological polar surface area (TPSA) is 86.7 Å². The summed E-state index contributed by atoms with van der Waals surface area (Å²) in [4.78, 5) is 35.8. The number of aliphatic carboxylic acids is 1. The zero-order chi connectivity index (χ0) is 14.0. The Hall–Kier alpha value is -1.59. The molecular formula is C13H20N2O4. The molecule has 2 rings (SSSR count). The van der Waals surface area contributed by atoms with Crippen LogP contribution in [0, 0.1) is 17.8 Å². The van der Waals surface area contributed by atoms with E-state index >= 15 is 0 Å². The van der Waals surface area contributed by atoms with Gasteiger partial charge in [-0.2, -0.15) is 0 Å². The minimum absolute atomic E-state index is 0.0224. The number of rotatable bonds is 4. The number of hydrogen-bond donors (Lipinski definition) is 2. The first-order valence-corrected chi connectivity index (χ1v) is 6.75. The van der Waals surface area contributed by atoms with Crippen LogP contribution >= 0.6 is 0 Å². The molecule has 2 fully saturated rings. The van der Waals surface area contributed by atoms with Gasteiger partial charge in [-0.15, -0.1) is 0 Å². The van der Waals surface area contributed by atoms with E-state index in [0.29, 0.717) is 31.8 Å². The van der Waals surface area contributed by atoms with Crippen LogP contribution in [-0.2, 0) is 14.4 Å². The third-order valence-corrected chi connectivity index (χ3v) is 4.10. The molecule has 0 bridgehead atoms. The molecule has 2 amide bonds. The van der Waals surface area contributed by atoms with Crippen molar-refractivity contribution >= 4 is 17.8 Å². The van der Waals surface area contributed by atoms with Crippen molar-refractivity contribution in [2.45, 2.75) is 25.7 Å². The number of piperidine rings is 1. The van der Waals surface area contributed by atoms with Crippen molar-refractivity contribution in [3.63, 3.8) is 0 Å². The van der Waals surface area contributed by atoms with Gasteiger partial charge in [0.05, 0.1) is 11.8 Å². The summed E-state index contributed by atoms with van der Waals surface area (Å²) < 4.78 is 0. The number of nitrogens with zero attached hydrogens (tertiary/aromatic N) is 1. The predicted octanol–water partition coefficient (Wildman–Crippen LogP) is 0.0818. The molecule has 1 saturated carbocycles. The van der Waals surface area contributed by atoms with Crippen molar-refractivity contribution in [2.75, 3.05) is 20.1 Å². The van der Waals surface area contributed by atoms with Gasteiger partial charge in [0.2, 0.25) is 11.8 Å². The van der Waals surface area contributed by atoms with Crippen LogP contribution in [0.3, 0.4) is 0 Å². The largest absolute Gasteiger partial charge is 0.481 e. The molecule has 2 aliphatic rings. The molecule has 6 nitrogen and oxygen atoms in total. The first-order valence-electron chi connectivity index (χ1n) is 6.75. The summed E-state index contributed by atoms with van der Waals surface area (Å²) in [5.41, 5.74) is 0. The molecule has 1 aliphatic carbocycles. The van der Waals surface area contributed by atoms with E-state index in [4.69, 9.17) is 5.11 Å². The number of carboxylic acid groups (broad SMARTS) is 1. The van der Waals surface area contributed by atoms with E-state index in [9.17, 15) is 14.4 Å². The minimum atomic E-state index is -0.868.